The molecule has 0 saturated carbocycles. The Kier molecular flexibility index (Phi) is 3.19. The summed E-state index contributed by atoms with van der Waals surface area (Å²) in [5.74, 6) is 0. The van der Waals surface area contributed by atoms with Gasteiger partial charge in [-0.25, -0.2) is 0 Å². The summed E-state index contributed by atoms with van der Waals surface area (Å²) in [5.41, 5.74) is 8.71. The van der Waals surface area contributed by atoms with Crippen molar-refractivity contribution in [3.63, 3.8) is 0 Å². The minimum atomic E-state index is 0.0240. The average Bonchev–Trinajstić information content (AvgIpc) is 2.82. The maximum Gasteiger partial charge on any atom is 0.0645 e. The number of aryl methyl sites for hydroxylation is 1. The van der Waals surface area contributed by atoms with Crippen LogP contribution in [-0.4, -0.2) is 0 Å². The summed E-state index contributed by atoms with van der Waals surface area (Å²) in [6.45, 7) is 2.16. The van der Waals surface area contributed by atoms with Crippen molar-refractivity contribution < 1.29 is 0 Å². The largest absolute Gasteiger partial charge is 0.320 e. The molecule has 0 bridgehead atoms. The molecule has 2 heteroatoms. The van der Waals surface area contributed by atoms with Crippen molar-refractivity contribution in [1.82, 2.24) is 0 Å². The van der Waals surface area contributed by atoms with Gasteiger partial charge < -0.3 is 5.73 Å². The van der Waals surface area contributed by atoms with Gasteiger partial charge in [0.25, 0.3) is 0 Å². The zero-order valence-electron chi connectivity index (χ0n) is 8.81. The zero-order valence-corrected chi connectivity index (χ0v) is 9.63. The minimum Gasteiger partial charge on any atom is -0.320 e. The fourth-order valence-electron chi connectivity index (χ4n) is 1.59. The Hall–Kier alpha value is -1.12. The standard InChI is InChI=1S/C13H15NS/c1-2-10-5-7-11(8-6-10)13(14)12-4-3-9-15-12/h3-9,13H,2,14H2,1H3. The normalized spacial score (nSPS) is 12.7. The lowest BCUT2D eigenvalue weighted by Crippen LogP contribution is -2.09. The van der Waals surface area contributed by atoms with Crippen LogP contribution in [-0.2, 0) is 6.42 Å². The Balaban J connectivity index is 2.22. The zero-order chi connectivity index (χ0) is 10.7. The van der Waals surface area contributed by atoms with Crippen LogP contribution >= 0.6 is 11.3 Å². The third-order valence-corrected chi connectivity index (χ3v) is 3.55. The molecule has 0 aliphatic heterocycles. The van der Waals surface area contributed by atoms with E-state index in [2.05, 4.69) is 42.6 Å². The highest BCUT2D eigenvalue weighted by Crippen LogP contribution is 2.23. The number of rotatable bonds is 3. The first-order chi connectivity index (χ1) is 7.31. The highest BCUT2D eigenvalue weighted by molar-refractivity contribution is 7.10. The smallest absolute Gasteiger partial charge is 0.0645 e. The molecule has 2 rings (SSSR count). The number of hydrogen-bond acceptors (Lipinski definition) is 2. The Morgan fingerprint density at radius 1 is 1.20 bits per heavy atom. The van der Waals surface area contributed by atoms with E-state index in [1.165, 1.54) is 16.0 Å². The van der Waals surface area contributed by atoms with Gasteiger partial charge in [-0.3, -0.25) is 0 Å². The average molecular weight is 217 g/mol. The van der Waals surface area contributed by atoms with E-state index in [1.54, 1.807) is 11.3 Å². The highest BCUT2D eigenvalue weighted by atomic mass is 32.1. The Labute approximate surface area is 94.6 Å². The van der Waals surface area contributed by atoms with Gasteiger partial charge in [-0.1, -0.05) is 37.3 Å². The van der Waals surface area contributed by atoms with E-state index in [1.807, 2.05) is 6.07 Å². The molecule has 1 aromatic carbocycles. The second-order valence-electron chi connectivity index (χ2n) is 3.59. The molecule has 0 saturated heterocycles. The quantitative estimate of drug-likeness (QED) is 0.838. The summed E-state index contributed by atoms with van der Waals surface area (Å²) in [6, 6.07) is 12.7. The maximum atomic E-state index is 6.16. The topological polar surface area (TPSA) is 26.0 Å². The summed E-state index contributed by atoms with van der Waals surface area (Å²) in [6.07, 6.45) is 1.08. The first-order valence-electron chi connectivity index (χ1n) is 5.19. The van der Waals surface area contributed by atoms with Gasteiger partial charge in [0, 0.05) is 4.88 Å². The first-order valence-corrected chi connectivity index (χ1v) is 6.07. The molecule has 2 N–H and O–H groups in total. The molecule has 2 aromatic rings. The molecule has 0 aliphatic rings. The van der Waals surface area contributed by atoms with Crippen molar-refractivity contribution in [2.24, 2.45) is 5.73 Å². The van der Waals surface area contributed by atoms with Crippen LogP contribution in [0.5, 0.6) is 0 Å². The highest BCUT2D eigenvalue weighted by Gasteiger charge is 2.08. The lowest BCUT2D eigenvalue weighted by atomic mass is 10.0. The van der Waals surface area contributed by atoms with Crippen LogP contribution in [0.2, 0.25) is 0 Å². The molecular formula is C13H15NS. The molecular weight excluding hydrogens is 202 g/mol. The van der Waals surface area contributed by atoms with Crippen molar-refractivity contribution in [3.8, 4) is 0 Å². The van der Waals surface area contributed by atoms with E-state index in [-0.39, 0.29) is 6.04 Å². The molecule has 1 atom stereocenters. The van der Waals surface area contributed by atoms with Crippen molar-refractivity contribution in [1.29, 1.82) is 0 Å². The lowest BCUT2D eigenvalue weighted by Gasteiger charge is -2.10. The van der Waals surface area contributed by atoms with Crippen LogP contribution in [0, 0.1) is 0 Å². The summed E-state index contributed by atoms with van der Waals surface area (Å²) >= 11 is 1.71. The number of nitrogens with two attached hydrogens (primary N) is 1. The molecule has 15 heavy (non-hydrogen) atoms. The third kappa shape index (κ3) is 2.28. The van der Waals surface area contributed by atoms with Gasteiger partial charge in [-0.2, -0.15) is 0 Å². The minimum absolute atomic E-state index is 0.0240. The maximum absolute atomic E-state index is 6.16. The van der Waals surface area contributed by atoms with Crippen molar-refractivity contribution >= 4 is 11.3 Å². The molecule has 0 fully saturated rings. The van der Waals surface area contributed by atoms with Gasteiger partial charge in [0.15, 0.2) is 0 Å². The Bertz CT molecular complexity index is 403. The summed E-state index contributed by atoms with van der Waals surface area (Å²) < 4.78 is 0. The molecule has 1 heterocycles. The van der Waals surface area contributed by atoms with E-state index >= 15 is 0 Å². The molecule has 0 spiro atoms. The van der Waals surface area contributed by atoms with Crippen LogP contribution < -0.4 is 5.73 Å². The molecule has 0 radical (unpaired) electrons. The molecule has 78 valence electrons. The summed E-state index contributed by atoms with van der Waals surface area (Å²) in [5, 5.41) is 2.07. The Morgan fingerprint density at radius 2 is 1.93 bits per heavy atom. The number of benzene rings is 1. The van der Waals surface area contributed by atoms with Gasteiger partial charge >= 0.3 is 0 Å². The second kappa shape index (κ2) is 4.60. The first kappa shape index (κ1) is 10.4. The fraction of sp³-hybridized carbons (Fsp3) is 0.231. The van der Waals surface area contributed by atoms with Crippen LogP contribution in [0.15, 0.2) is 41.8 Å². The van der Waals surface area contributed by atoms with Crippen molar-refractivity contribution in [2.45, 2.75) is 19.4 Å². The van der Waals surface area contributed by atoms with E-state index in [0.29, 0.717) is 0 Å². The van der Waals surface area contributed by atoms with Crippen LogP contribution in [0.25, 0.3) is 0 Å². The van der Waals surface area contributed by atoms with Gasteiger partial charge in [-0.15, -0.1) is 11.3 Å². The monoisotopic (exact) mass is 217 g/mol. The van der Waals surface area contributed by atoms with E-state index < -0.39 is 0 Å². The molecule has 0 amide bonds. The predicted molar refractivity (Wildman–Crippen MR) is 66.2 cm³/mol. The van der Waals surface area contributed by atoms with Crippen LogP contribution in [0.3, 0.4) is 0 Å². The van der Waals surface area contributed by atoms with Crippen molar-refractivity contribution in [3.05, 3.63) is 57.8 Å². The molecule has 1 unspecified atom stereocenters. The van der Waals surface area contributed by atoms with Gasteiger partial charge in [-0.05, 0) is 29.0 Å². The molecule has 0 aliphatic carbocycles. The van der Waals surface area contributed by atoms with E-state index in [0.717, 1.165) is 6.42 Å². The van der Waals surface area contributed by atoms with Gasteiger partial charge in [0.05, 0.1) is 6.04 Å². The van der Waals surface area contributed by atoms with Gasteiger partial charge in [0.1, 0.15) is 0 Å². The van der Waals surface area contributed by atoms with Gasteiger partial charge in [0.2, 0.25) is 0 Å². The third-order valence-electron chi connectivity index (χ3n) is 2.60. The lowest BCUT2D eigenvalue weighted by molar-refractivity contribution is 0.891. The summed E-state index contributed by atoms with van der Waals surface area (Å²) in [7, 11) is 0. The van der Waals surface area contributed by atoms with E-state index in [4.69, 9.17) is 5.73 Å². The summed E-state index contributed by atoms with van der Waals surface area (Å²) in [4.78, 5) is 1.22. The second-order valence-corrected chi connectivity index (χ2v) is 4.57. The van der Waals surface area contributed by atoms with Crippen LogP contribution in [0.4, 0.5) is 0 Å². The SMILES string of the molecule is CCc1ccc(C(N)c2cccs2)cc1. The predicted octanol–water partition coefficient (Wildman–Crippen LogP) is 3.36. The van der Waals surface area contributed by atoms with Crippen LogP contribution in [0.1, 0.15) is 29.0 Å². The fourth-order valence-corrected chi connectivity index (χ4v) is 2.35. The van der Waals surface area contributed by atoms with E-state index in [9.17, 15) is 0 Å². The molecule has 1 aromatic heterocycles. The molecule has 1 nitrogen and oxygen atoms in total. The number of thiophene rings is 1. The van der Waals surface area contributed by atoms with Crippen molar-refractivity contribution in [2.75, 3.05) is 0 Å². The number of hydrogen-bond donors (Lipinski definition) is 1. The Morgan fingerprint density at radius 3 is 2.47 bits per heavy atom.